The lowest BCUT2D eigenvalue weighted by molar-refractivity contribution is -0.197. The second-order valence-electron chi connectivity index (χ2n) is 13.1. The molecule has 218 valence electrons. The fraction of sp³-hybridized carbons (Fsp3) is 0.867. The molecule has 8 nitrogen and oxygen atoms in total. The molecular formula is C30H48FN5O3. The first-order valence-corrected chi connectivity index (χ1v) is 15.7. The highest BCUT2D eigenvalue weighted by Crippen LogP contribution is 2.45. The molecule has 0 aromatic carbocycles. The largest absolute Gasteiger partial charge is 0.369 e. The van der Waals surface area contributed by atoms with Gasteiger partial charge in [-0.3, -0.25) is 9.59 Å². The van der Waals surface area contributed by atoms with E-state index in [2.05, 4.69) is 34.0 Å². The van der Waals surface area contributed by atoms with E-state index in [1.807, 2.05) is 11.1 Å². The second-order valence-corrected chi connectivity index (χ2v) is 13.1. The highest BCUT2D eigenvalue weighted by molar-refractivity contribution is 6.20. The number of Topliss-reactive ketones (excluding diaryl/α,β-unsaturated/α-hetero) is 1. The topological polar surface area (TPSA) is 68.4 Å². The third-order valence-corrected chi connectivity index (χ3v) is 10.5. The minimum absolute atomic E-state index is 0.0252. The normalized spacial score (nSPS) is 38.3. The number of ketones is 1. The number of halogens is 1. The number of carbonyl (C=O) groups excluding carboxylic acids is 2. The molecule has 0 aromatic rings. The van der Waals surface area contributed by atoms with Crippen molar-refractivity contribution in [2.75, 3.05) is 59.4 Å². The molecule has 7 unspecified atom stereocenters. The summed E-state index contributed by atoms with van der Waals surface area (Å²) in [6, 6.07) is -0.461. The van der Waals surface area contributed by atoms with Gasteiger partial charge in [0.1, 0.15) is 6.17 Å². The number of nitrogens with one attached hydrogen (secondary N) is 1. The van der Waals surface area contributed by atoms with E-state index in [0.29, 0.717) is 19.0 Å². The molecule has 6 rings (SSSR count). The van der Waals surface area contributed by atoms with Gasteiger partial charge in [-0.1, -0.05) is 19.8 Å². The first kappa shape index (κ1) is 27.6. The van der Waals surface area contributed by atoms with Crippen molar-refractivity contribution in [2.45, 2.75) is 94.8 Å². The molecule has 9 heteroatoms. The molecular weight excluding hydrogens is 497 g/mol. The molecule has 3 saturated heterocycles. The number of hydrogen-bond acceptors (Lipinski definition) is 7. The zero-order valence-corrected chi connectivity index (χ0v) is 23.9. The number of piperazine rings is 1. The van der Waals surface area contributed by atoms with Crippen molar-refractivity contribution in [3.05, 3.63) is 11.8 Å². The van der Waals surface area contributed by atoms with Crippen LogP contribution in [0.3, 0.4) is 0 Å². The molecule has 0 radical (unpaired) electrons. The zero-order valence-electron chi connectivity index (χ0n) is 23.9. The van der Waals surface area contributed by atoms with Crippen molar-refractivity contribution in [3.8, 4) is 0 Å². The van der Waals surface area contributed by atoms with Gasteiger partial charge in [0, 0.05) is 51.4 Å². The van der Waals surface area contributed by atoms with Gasteiger partial charge in [-0.2, -0.15) is 0 Å². The number of likely N-dealkylation sites (N-methyl/N-ethyl adjacent to an activating group) is 1. The minimum atomic E-state index is -1.17. The smallest absolute Gasteiger partial charge is 0.258 e. The van der Waals surface area contributed by atoms with E-state index in [9.17, 15) is 9.59 Å². The SMILES string of the molecule is CC1CCN(C(=O)C2=CN3C4CCCCC4OC4C(NCCCN5CCN(C)CC5)C(F)CC(C2=O)C43)CC1. The van der Waals surface area contributed by atoms with E-state index in [4.69, 9.17) is 4.74 Å². The van der Waals surface area contributed by atoms with Crippen LogP contribution in [0.15, 0.2) is 11.8 Å². The predicted octanol–water partition coefficient (Wildman–Crippen LogP) is 2.05. The maximum absolute atomic E-state index is 15.9. The lowest BCUT2D eigenvalue weighted by Crippen LogP contribution is -2.72. The fourth-order valence-electron chi connectivity index (χ4n) is 8.00. The number of piperidine rings is 1. The van der Waals surface area contributed by atoms with Gasteiger partial charge in [-0.25, -0.2) is 4.39 Å². The molecule has 0 bridgehead atoms. The summed E-state index contributed by atoms with van der Waals surface area (Å²) in [5, 5.41) is 3.54. The molecule has 7 atom stereocenters. The molecule has 2 aliphatic carbocycles. The van der Waals surface area contributed by atoms with Crippen LogP contribution in [0.4, 0.5) is 4.39 Å². The van der Waals surface area contributed by atoms with Gasteiger partial charge >= 0.3 is 0 Å². The van der Waals surface area contributed by atoms with Gasteiger partial charge in [-0.15, -0.1) is 0 Å². The summed E-state index contributed by atoms with van der Waals surface area (Å²) >= 11 is 0. The third-order valence-electron chi connectivity index (χ3n) is 10.5. The van der Waals surface area contributed by atoms with Crippen LogP contribution in [0.1, 0.15) is 58.3 Å². The summed E-state index contributed by atoms with van der Waals surface area (Å²) in [7, 11) is 2.17. The quantitative estimate of drug-likeness (QED) is 0.405. The van der Waals surface area contributed by atoms with Gasteiger partial charge in [0.15, 0.2) is 5.78 Å². The van der Waals surface area contributed by atoms with E-state index < -0.39 is 18.1 Å². The van der Waals surface area contributed by atoms with Gasteiger partial charge < -0.3 is 29.7 Å². The van der Waals surface area contributed by atoms with E-state index in [-0.39, 0.29) is 48.0 Å². The molecule has 0 aromatic heterocycles. The Morgan fingerprint density at radius 3 is 2.59 bits per heavy atom. The monoisotopic (exact) mass is 545 g/mol. The summed E-state index contributed by atoms with van der Waals surface area (Å²) in [5.74, 6) is -0.239. The van der Waals surface area contributed by atoms with Crippen LogP contribution in [0, 0.1) is 11.8 Å². The summed E-state index contributed by atoms with van der Waals surface area (Å²) in [6.45, 7) is 9.74. The van der Waals surface area contributed by atoms with E-state index in [0.717, 1.165) is 84.2 Å². The van der Waals surface area contributed by atoms with Crippen LogP contribution in [-0.2, 0) is 14.3 Å². The van der Waals surface area contributed by atoms with Crippen LogP contribution in [0.5, 0.6) is 0 Å². The average molecular weight is 546 g/mol. The number of nitrogens with zero attached hydrogens (tertiary/aromatic N) is 4. The van der Waals surface area contributed by atoms with Gasteiger partial charge in [0.25, 0.3) is 5.91 Å². The predicted molar refractivity (Wildman–Crippen MR) is 148 cm³/mol. The van der Waals surface area contributed by atoms with Crippen molar-refractivity contribution >= 4 is 11.7 Å². The molecule has 39 heavy (non-hydrogen) atoms. The molecule has 4 heterocycles. The number of morpholine rings is 1. The number of amides is 1. The second kappa shape index (κ2) is 11.7. The number of hydrogen-bond donors (Lipinski definition) is 1. The number of alkyl halides is 1. The van der Waals surface area contributed by atoms with Gasteiger partial charge in [0.05, 0.1) is 35.9 Å². The van der Waals surface area contributed by atoms with Crippen molar-refractivity contribution < 1.29 is 18.7 Å². The number of fused-ring (bicyclic) bond motifs is 2. The minimum Gasteiger partial charge on any atom is -0.369 e. The van der Waals surface area contributed by atoms with Gasteiger partial charge in [0.2, 0.25) is 0 Å². The van der Waals surface area contributed by atoms with E-state index >= 15 is 4.39 Å². The lowest BCUT2D eigenvalue weighted by atomic mass is 9.69. The van der Waals surface area contributed by atoms with Crippen LogP contribution < -0.4 is 5.32 Å². The molecule has 0 spiro atoms. The molecule has 5 fully saturated rings. The fourth-order valence-corrected chi connectivity index (χ4v) is 8.00. The number of likely N-dealkylation sites (tertiary alicyclic amines) is 1. The Morgan fingerprint density at radius 1 is 1.08 bits per heavy atom. The Balaban J connectivity index is 1.18. The van der Waals surface area contributed by atoms with Crippen LogP contribution in [0.25, 0.3) is 0 Å². The van der Waals surface area contributed by atoms with Crippen LogP contribution in [-0.4, -0.2) is 127 Å². The summed E-state index contributed by atoms with van der Waals surface area (Å²) in [6.07, 6.45) is 7.61. The van der Waals surface area contributed by atoms with E-state index in [1.165, 1.54) is 0 Å². The Kier molecular flexibility index (Phi) is 8.32. The molecule has 6 aliphatic rings. The molecule has 1 amide bonds. The summed E-state index contributed by atoms with van der Waals surface area (Å²) in [5.41, 5.74) is 0.279. The first-order valence-electron chi connectivity index (χ1n) is 15.7. The number of rotatable bonds is 6. The van der Waals surface area contributed by atoms with Crippen LogP contribution >= 0.6 is 0 Å². The van der Waals surface area contributed by atoms with Gasteiger partial charge in [-0.05, 0) is 64.6 Å². The first-order chi connectivity index (χ1) is 18.9. The van der Waals surface area contributed by atoms with E-state index in [1.54, 1.807) is 0 Å². The van der Waals surface area contributed by atoms with Crippen molar-refractivity contribution in [2.24, 2.45) is 11.8 Å². The maximum Gasteiger partial charge on any atom is 0.258 e. The van der Waals surface area contributed by atoms with Crippen molar-refractivity contribution in [1.29, 1.82) is 0 Å². The highest BCUT2D eigenvalue weighted by atomic mass is 19.1. The average Bonchev–Trinajstić information content (AvgIpc) is 2.94. The molecule has 2 saturated carbocycles. The standard InChI is InChI=1S/C30H48FN5O3/c1-20-8-12-35(13-9-20)30(38)22-19-36-24-6-3-4-7-25(24)39-29-26(23(31)18-21(27(29)36)28(22)37)32-10-5-11-34-16-14-33(2)15-17-34/h19-21,23-27,29,32H,3-18H2,1-2H3. The summed E-state index contributed by atoms with van der Waals surface area (Å²) in [4.78, 5) is 36.4. The third kappa shape index (κ3) is 5.53. The Morgan fingerprint density at radius 2 is 1.82 bits per heavy atom. The Hall–Kier alpha value is -1.55. The van der Waals surface area contributed by atoms with Crippen molar-refractivity contribution in [1.82, 2.24) is 24.9 Å². The lowest BCUT2D eigenvalue weighted by Gasteiger charge is -2.59. The van der Waals surface area contributed by atoms with Crippen molar-refractivity contribution in [3.63, 3.8) is 0 Å². The molecule has 1 N–H and O–H groups in total. The zero-order chi connectivity index (χ0) is 27.1. The number of carbonyl (C=O) groups is 2. The maximum atomic E-state index is 15.9. The van der Waals surface area contributed by atoms with Crippen LogP contribution in [0.2, 0.25) is 0 Å². The molecule has 4 aliphatic heterocycles. The number of ether oxygens (including phenoxy) is 1. The summed E-state index contributed by atoms with van der Waals surface area (Å²) < 4.78 is 22.6. The Bertz CT molecular complexity index is 932. The highest BCUT2D eigenvalue weighted by Gasteiger charge is 2.58. The Labute approximate surface area is 233 Å².